The lowest BCUT2D eigenvalue weighted by molar-refractivity contribution is 0.305. The highest BCUT2D eigenvalue weighted by Gasteiger charge is 2.34. The first-order valence-electron chi connectivity index (χ1n) is 8.98. The molecule has 1 aliphatic rings. The zero-order valence-electron chi connectivity index (χ0n) is 15.7. The van der Waals surface area contributed by atoms with Crippen LogP contribution in [-0.2, 0) is 6.61 Å². The standard InChI is InChI=1S/C22H20N4O2/c1-13-5-3-4-6-16(13)12-27-17-9-7-15(8-10-17)20-18(11-23)21(24)28-22-19(20)14(2)25-26-22/h3-10,20H,12,24H2,1-2H3,(H,25,26). The second-order valence-corrected chi connectivity index (χ2v) is 6.78. The summed E-state index contributed by atoms with van der Waals surface area (Å²) in [5, 5.41) is 16.7. The Kier molecular flexibility index (Phi) is 4.50. The van der Waals surface area contributed by atoms with E-state index < -0.39 is 0 Å². The van der Waals surface area contributed by atoms with Crippen LogP contribution in [0.15, 0.2) is 60.0 Å². The minimum absolute atomic E-state index is 0.0892. The van der Waals surface area contributed by atoms with Gasteiger partial charge in [0, 0.05) is 11.3 Å². The third-order valence-corrected chi connectivity index (χ3v) is 5.00. The number of hydrogen-bond acceptors (Lipinski definition) is 5. The lowest BCUT2D eigenvalue weighted by atomic mass is 9.84. The van der Waals surface area contributed by atoms with Crippen LogP contribution in [0.4, 0.5) is 0 Å². The Morgan fingerprint density at radius 3 is 2.64 bits per heavy atom. The molecule has 3 aromatic rings. The van der Waals surface area contributed by atoms with Gasteiger partial charge in [-0.3, -0.25) is 5.10 Å². The summed E-state index contributed by atoms with van der Waals surface area (Å²) in [5.41, 5.74) is 11.3. The van der Waals surface area contributed by atoms with E-state index in [1.807, 2.05) is 43.3 Å². The lowest BCUT2D eigenvalue weighted by Crippen LogP contribution is -2.21. The highest BCUT2D eigenvalue weighted by atomic mass is 16.5. The number of allylic oxidation sites excluding steroid dienone is 1. The van der Waals surface area contributed by atoms with Crippen LogP contribution in [0.1, 0.15) is 33.9 Å². The van der Waals surface area contributed by atoms with Crippen LogP contribution >= 0.6 is 0 Å². The predicted octanol–water partition coefficient (Wildman–Crippen LogP) is 3.82. The van der Waals surface area contributed by atoms with Gasteiger partial charge in [-0.25, -0.2) is 0 Å². The van der Waals surface area contributed by atoms with Crippen molar-refractivity contribution in [2.24, 2.45) is 5.73 Å². The summed E-state index contributed by atoms with van der Waals surface area (Å²) in [4.78, 5) is 0. The molecule has 28 heavy (non-hydrogen) atoms. The zero-order valence-corrected chi connectivity index (χ0v) is 15.7. The van der Waals surface area contributed by atoms with E-state index in [0.29, 0.717) is 18.1 Å². The van der Waals surface area contributed by atoms with Gasteiger partial charge in [0.05, 0.1) is 5.92 Å². The van der Waals surface area contributed by atoms with Crippen LogP contribution in [0.25, 0.3) is 0 Å². The molecule has 140 valence electrons. The maximum atomic E-state index is 9.61. The number of ether oxygens (including phenoxy) is 2. The topological polar surface area (TPSA) is 96.9 Å². The summed E-state index contributed by atoms with van der Waals surface area (Å²) in [6, 6.07) is 18.0. The van der Waals surface area contributed by atoms with E-state index >= 15 is 0 Å². The maximum absolute atomic E-state index is 9.61. The molecule has 0 saturated heterocycles. The van der Waals surface area contributed by atoms with Gasteiger partial charge in [-0.15, -0.1) is 5.10 Å². The molecule has 4 rings (SSSR count). The van der Waals surface area contributed by atoms with Crippen LogP contribution in [0, 0.1) is 25.2 Å². The number of H-pyrrole nitrogens is 1. The fraction of sp³-hybridized carbons (Fsp3) is 0.182. The molecule has 0 radical (unpaired) electrons. The minimum atomic E-state index is -0.321. The molecule has 0 saturated carbocycles. The molecular formula is C22H20N4O2. The first-order chi connectivity index (χ1) is 13.6. The Labute approximate surface area is 163 Å². The quantitative estimate of drug-likeness (QED) is 0.725. The molecule has 0 fully saturated rings. The molecule has 0 bridgehead atoms. The number of rotatable bonds is 4. The number of hydrogen-bond donors (Lipinski definition) is 2. The molecule has 2 heterocycles. The Hall–Kier alpha value is -3.72. The van der Waals surface area contributed by atoms with E-state index in [2.05, 4.69) is 35.3 Å². The molecule has 0 aliphatic carbocycles. The zero-order chi connectivity index (χ0) is 19.7. The predicted molar refractivity (Wildman–Crippen MR) is 105 cm³/mol. The Bertz CT molecular complexity index is 1090. The average molecular weight is 372 g/mol. The Morgan fingerprint density at radius 1 is 1.18 bits per heavy atom. The van der Waals surface area contributed by atoms with Crippen molar-refractivity contribution in [3.8, 4) is 17.7 Å². The van der Waals surface area contributed by atoms with Crippen LogP contribution in [0.3, 0.4) is 0 Å². The van der Waals surface area contributed by atoms with Crippen molar-refractivity contribution in [3.05, 3.63) is 87.9 Å². The molecule has 1 aromatic heterocycles. The fourth-order valence-corrected chi connectivity index (χ4v) is 3.42. The van der Waals surface area contributed by atoms with Crippen molar-refractivity contribution >= 4 is 0 Å². The van der Waals surface area contributed by atoms with Crippen molar-refractivity contribution < 1.29 is 9.47 Å². The fourth-order valence-electron chi connectivity index (χ4n) is 3.42. The number of nitrogens with zero attached hydrogens (tertiary/aromatic N) is 2. The van der Waals surface area contributed by atoms with Crippen LogP contribution < -0.4 is 15.2 Å². The number of aromatic nitrogens is 2. The molecule has 0 amide bonds. The van der Waals surface area contributed by atoms with Crippen LogP contribution in [0.5, 0.6) is 11.6 Å². The van der Waals surface area contributed by atoms with E-state index in [0.717, 1.165) is 28.1 Å². The molecule has 0 spiro atoms. The summed E-state index contributed by atoms with van der Waals surface area (Å²) in [7, 11) is 0. The largest absolute Gasteiger partial charge is 0.489 e. The SMILES string of the molecule is Cc1ccccc1COc1ccc(C2C(C#N)=C(N)Oc3n[nH]c(C)c32)cc1. The van der Waals surface area contributed by atoms with Crippen molar-refractivity contribution in [2.45, 2.75) is 26.4 Å². The summed E-state index contributed by atoms with van der Waals surface area (Å²) >= 11 is 0. The summed E-state index contributed by atoms with van der Waals surface area (Å²) in [6.45, 7) is 4.47. The number of aromatic amines is 1. The molecule has 3 N–H and O–H groups in total. The highest BCUT2D eigenvalue weighted by molar-refractivity contribution is 5.55. The summed E-state index contributed by atoms with van der Waals surface area (Å²) in [6.07, 6.45) is 0. The van der Waals surface area contributed by atoms with E-state index in [1.54, 1.807) is 0 Å². The van der Waals surface area contributed by atoms with Gasteiger partial charge in [-0.05, 0) is 42.7 Å². The van der Waals surface area contributed by atoms with Crippen molar-refractivity contribution in [1.29, 1.82) is 5.26 Å². The van der Waals surface area contributed by atoms with Crippen molar-refractivity contribution in [2.75, 3.05) is 0 Å². The molecule has 6 nitrogen and oxygen atoms in total. The van der Waals surface area contributed by atoms with Gasteiger partial charge >= 0.3 is 0 Å². The number of benzene rings is 2. The van der Waals surface area contributed by atoms with E-state index in [-0.39, 0.29) is 11.8 Å². The molecule has 6 heteroatoms. The molecule has 1 atom stereocenters. The summed E-state index contributed by atoms with van der Waals surface area (Å²) < 4.78 is 11.4. The van der Waals surface area contributed by atoms with E-state index in [9.17, 15) is 5.26 Å². The Morgan fingerprint density at radius 2 is 1.93 bits per heavy atom. The number of nitrogens with two attached hydrogens (primary N) is 1. The monoisotopic (exact) mass is 372 g/mol. The minimum Gasteiger partial charge on any atom is -0.489 e. The number of nitriles is 1. The smallest absolute Gasteiger partial charge is 0.244 e. The first-order valence-corrected chi connectivity index (χ1v) is 8.98. The third-order valence-electron chi connectivity index (χ3n) is 5.00. The first kappa shape index (κ1) is 17.7. The number of nitrogens with one attached hydrogen (secondary N) is 1. The Balaban J connectivity index is 1.61. The third kappa shape index (κ3) is 3.08. The maximum Gasteiger partial charge on any atom is 0.244 e. The normalized spacial score (nSPS) is 15.5. The van der Waals surface area contributed by atoms with Gasteiger partial charge < -0.3 is 15.2 Å². The molecular weight excluding hydrogens is 352 g/mol. The lowest BCUT2D eigenvalue weighted by Gasteiger charge is -2.23. The summed E-state index contributed by atoms with van der Waals surface area (Å²) in [5.74, 6) is 0.946. The van der Waals surface area contributed by atoms with Crippen LogP contribution in [-0.4, -0.2) is 10.2 Å². The second-order valence-electron chi connectivity index (χ2n) is 6.78. The van der Waals surface area contributed by atoms with Gasteiger partial charge in [0.15, 0.2) is 0 Å². The highest BCUT2D eigenvalue weighted by Crippen LogP contribution is 2.42. The van der Waals surface area contributed by atoms with Crippen molar-refractivity contribution in [1.82, 2.24) is 10.2 Å². The van der Waals surface area contributed by atoms with Gasteiger partial charge in [0.1, 0.15) is 24.0 Å². The van der Waals surface area contributed by atoms with Gasteiger partial charge in [-0.1, -0.05) is 36.4 Å². The second kappa shape index (κ2) is 7.12. The van der Waals surface area contributed by atoms with Gasteiger partial charge in [0.25, 0.3) is 0 Å². The van der Waals surface area contributed by atoms with Gasteiger partial charge in [0.2, 0.25) is 11.8 Å². The number of fused-ring (bicyclic) bond motifs is 1. The molecule has 2 aromatic carbocycles. The average Bonchev–Trinajstić information content (AvgIpc) is 3.07. The van der Waals surface area contributed by atoms with E-state index in [4.69, 9.17) is 15.2 Å². The van der Waals surface area contributed by atoms with Gasteiger partial charge in [-0.2, -0.15) is 5.26 Å². The van der Waals surface area contributed by atoms with Crippen molar-refractivity contribution in [3.63, 3.8) is 0 Å². The van der Waals surface area contributed by atoms with E-state index in [1.165, 1.54) is 5.56 Å². The molecule has 1 aliphatic heterocycles. The van der Waals surface area contributed by atoms with Crippen LogP contribution in [0.2, 0.25) is 0 Å². The molecule has 1 unspecified atom stereocenters. The number of aryl methyl sites for hydroxylation is 2.